The van der Waals surface area contributed by atoms with Crippen molar-refractivity contribution in [1.82, 2.24) is 0 Å². The zero-order chi connectivity index (χ0) is 30.1. The number of benzene rings is 4. The zero-order valence-corrected chi connectivity index (χ0v) is 28.2. The SMILES string of the molecule is CCCC1=C([Si](C)(C)C2=C(CCC)Cc3cccc(-c4ccc(CC)cc4)c32)c2c(cccc2-c2ccc(CC)cc2)C1. The third-order valence-corrected chi connectivity index (χ3v) is 13.7. The molecule has 0 aliphatic heterocycles. The second-order valence-electron chi connectivity index (χ2n) is 13.2. The van der Waals surface area contributed by atoms with E-state index < -0.39 is 8.07 Å². The maximum atomic E-state index is 2.68. The summed E-state index contributed by atoms with van der Waals surface area (Å²) in [5.41, 5.74) is 18.0. The number of hydrogen-bond acceptors (Lipinski definition) is 0. The highest BCUT2D eigenvalue weighted by molar-refractivity contribution is 7.09. The minimum absolute atomic E-state index is 1.08. The first-order valence-corrected chi connectivity index (χ1v) is 19.8. The standard InChI is InChI=1S/C42H48Si/c1-7-13-35-27-33-15-11-17-37(31-23-19-29(9-3)20-24-31)39(33)41(35)43(5,6)42-36(14-8-2)28-34-16-12-18-38(40(34)42)32-25-21-30(10-4)22-26-32/h11-12,15-26H,7-10,13-14,27-28H2,1-6H3. The van der Waals surface area contributed by atoms with E-state index in [1.54, 1.807) is 32.7 Å². The molecule has 0 N–H and O–H groups in total. The van der Waals surface area contributed by atoms with Crippen molar-refractivity contribution in [3.05, 3.63) is 129 Å². The topological polar surface area (TPSA) is 0 Å². The molecule has 0 fully saturated rings. The van der Waals surface area contributed by atoms with Crippen molar-refractivity contribution in [2.24, 2.45) is 0 Å². The van der Waals surface area contributed by atoms with Crippen molar-refractivity contribution >= 4 is 18.5 Å². The van der Waals surface area contributed by atoms with Gasteiger partial charge in [0.05, 0.1) is 0 Å². The predicted molar refractivity (Wildman–Crippen MR) is 191 cm³/mol. The van der Waals surface area contributed by atoms with Gasteiger partial charge in [-0.3, -0.25) is 0 Å². The summed E-state index contributed by atoms with van der Waals surface area (Å²) in [4.78, 5) is 0. The van der Waals surface area contributed by atoms with Crippen LogP contribution in [0.15, 0.2) is 96.1 Å². The molecule has 0 aromatic heterocycles. The van der Waals surface area contributed by atoms with E-state index in [1.807, 2.05) is 0 Å². The molecule has 0 saturated carbocycles. The number of aryl methyl sites for hydroxylation is 2. The fourth-order valence-corrected chi connectivity index (χ4v) is 12.3. The zero-order valence-electron chi connectivity index (χ0n) is 27.2. The first kappa shape index (κ1) is 29.6. The van der Waals surface area contributed by atoms with Gasteiger partial charge >= 0.3 is 0 Å². The molecule has 0 spiro atoms. The number of allylic oxidation sites excluding steroid dienone is 2. The van der Waals surface area contributed by atoms with Crippen LogP contribution in [-0.2, 0) is 25.7 Å². The van der Waals surface area contributed by atoms with Crippen LogP contribution in [0, 0.1) is 0 Å². The molecule has 4 aromatic rings. The summed E-state index contributed by atoms with van der Waals surface area (Å²) in [6.07, 6.45) is 9.16. The van der Waals surface area contributed by atoms with Gasteiger partial charge in [0.2, 0.25) is 0 Å². The van der Waals surface area contributed by atoms with Crippen LogP contribution in [-0.4, -0.2) is 8.07 Å². The summed E-state index contributed by atoms with van der Waals surface area (Å²) >= 11 is 0. The molecule has 0 amide bonds. The second kappa shape index (κ2) is 12.3. The van der Waals surface area contributed by atoms with Crippen LogP contribution in [0.25, 0.3) is 32.6 Å². The van der Waals surface area contributed by atoms with Crippen LogP contribution < -0.4 is 0 Å². The third-order valence-electron chi connectivity index (χ3n) is 10.0. The van der Waals surface area contributed by atoms with Crippen molar-refractivity contribution in [2.75, 3.05) is 0 Å². The van der Waals surface area contributed by atoms with E-state index in [9.17, 15) is 0 Å². The molecule has 43 heavy (non-hydrogen) atoms. The fourth-order valence-electron chi connectivity index (χ4n) is 8.06. The highest BCUT2D eigenvalue weighted by Crippen LogP contribution is 2.53. The van der Waals surface area contributed by atoms with Gasteiger partial charge in [-0.25, -0.2) is 0 Å². The second-order valence-corrected chi connectivity index (χ2v) is 17.5. The normalized spacial score (nSPS) is 14.5. The smallest absolute Gasteiger partial charge is 0.0655 e. The van der Waals surface area contributed by atoms with Crippen molar-refractivity contribution in [3.8, 4) is 22.3 Å². The molecule has 4 aromatic carbocycles. The Bertz CT molecular complexity index is 1570. The molecule has 2 aliphatic carbocycles. The summed E-state index contributed by atoms with van der Waals surface area (Å²) in [5, 5.41) is 3.46. The van der Waals surface area contributed by atoms with Gasteiger partial charge < -0.3 is 0 Å². The van der Waals surface area contributed by atoms with Gasteiger partial charge in [-0.05, 0) is 105 Å². The maximum Gasteiger partial charge on any atom is 0.113 e. The lowest BCUT2D eigenvalue weighted by Gasteiger charge is -2.33. The average molecular weight is 581 g/mol. The molecule has 1 heteroatoms. The average Bonchev–Trinajstić information content (AvgIpc) is 3.60. The Morgan fingerprint density at radius 1 is 0.512 bits per heavy atom. The summed E-state index contributed by atoms with van der Waals surface area (Å²) < 4.78 is 0. The Labute approximate surface area is 261 Å². The fraction of sp³-hybridized carbons (Fsp3) is 0.333. The molecule has 0 atom stereocenters. The Kier molecular flexibility index (Phi) is 8.47. The molecule has 0 radical (unpaired) electrons. The van der Waals surface area contributed by atoms with Crippen LogP contribution in [0.5, 0.6) is 0 Å². The van der Waals surface area contributed by atoms with Crippen LogP contribution in [0.2, 0.25) is 13.1 Å². The van der Waals surface area contributed by atoms with Crippen molar-refractivity contribution in [1.29, 1.82) is 0 Å². The molecular formula is C42H48Si. The van der Waals surface area contributed by atoms with Gasteiger partial charge in [0.15, 0.2) is 0 Å². The van der Waals surface area contributed by atoms with E-state index in [0.717, 1.165) is 25.7 Å². The first-order chi connectivity index (χ1) is 20.9. The predicted octanol–water partition coefficient (Wildman–Crippen LogP) is 11.9. The van der Waals surface area contributed by atoms with E-state index in [0.29, 0.717) is 0 Å². The molecule has 2 aliphatic rings. The highest BCUT2D eigenvalue weighted by atomic mass is 28.3. The van der Waals surface area contributed by atoms with Crippen LogP contribution >= 0.6 is 0 Å². The lowest BCUT2D eigenvalue weighted by atomic mass is 9.96. The highest BCUT2D eigenvalue weighted by Gasteiger charge is 2.43. The minimum Gasteiger partial charge on any atom is -0.0655 e. The molecule has 0 heterocycles. The van der Waals surface area contributed by atoms with Gasteiger partial charge in [-0.1, -0.05) is 150 Å². The molecular weight excluding hydrogens is 533 g/mol. The molecule has 0 bridgehead atoms. The van der Waals surface area contributed by atoms with Crippen molar-refractivity contribution < 1.29 is 0 Å². The molecule has 0 unspecified atom stereocenters. The molecule has 0 nitrogen and oxygen atoms in total. The van der Waals surface area contributed by atoms with Gasteiger partial charge in [-0.15, -0.1) is 0 Å². The summed E-state index contributed by atoms with van der Waals surface area (Å²) in [7, 11) is -2.15. The van der Waals surface area contributed by atoms with Crippen LogP contribution in [0.3, 0.4) is 0 Å². The maximum absolute atomic E-state index is 2.68. The lowest BCUT2D eigenvalue weighted by Crippen LogP contribution is -2.32. The molecule has 220 valence electrons. The van der Waals surface area contributed by atoms with E-state index in [2.05, 4.69) is 126 Å². The van der Waals surface area contributed by atoms with Gasteiger partial charge in [0.25, 0.3) is 0 Å². The molecule has 0 saturated heterocycles. The van der Waals surface area contributed by atoms with E-state index in [4.69, 9.17) is 0 Å². The Morgan fingerprint density at radius 2 is 0.907 bits per heavy atom. The van der Waals surface area contributed by atoms with Gasteiger partial charge in [0, 0.05) is 0 Å². The lowest BCUT2D eigenvalue weighted by molar-refractivity contribution is 0.884. The van der Waals surface area contributed by atoms with E-state index in [1.165, 1.54) is 70.2 Å². The first-order valence-electron chi connectivity index (χ1n) is 16.8. The van der Waals surface area contributed by atoms with E-state index >= 15 is 0 Å². The van der Waals surface area contributed by atoms with Crippen molar-refractivity contribution in [2.45, 2.75) is 92.2 Å². The number of fused-ring (bicyclic) bond motifs is 2. The number of rotatable bonds is 10. The van der Waals surface area contributed by atoms with Gasteiger partial charge in [0.1, 0.15) is 8.07 Å². The summed E-state index contributed by atoms with van der Waals surface area (Å²) in [6.45, 7) is 14.6. The quantitative estimate of drug-likeness (QED) is 0.164. The monoisotopic (exact) mass is 580 g/mol. The van der Waals surface area contributed by atoms with Gasteiger partial charge in [-0.2, -0.15) is 0 Å². The Hall–Kier alpha value is -3.42. The Morgan fingerprint density at radius 3 is 1.26 bits per heavy atom. The van der Waals surface area contributed by atoms with E-state index in [-0.39, 0.29) is 0 Å². The van der Waals surface area contributed by atoms with Crippen LogP contribution in [0.1, 0.15) is 86.8 Å². The largest absolute Gasteiger partial charge is 0.113 e. The van der Waals surface area contributed by atoms with Crippen molar-refractivity contribution in [3.63, 3.8) is 0 Å². The Balaban J connectivity index is 1.57. The number of hydrogen-bond donors (Lipinski definition) is 0. The molecule has 6 rings (SSSR count). The third kappa shape index (κ3) is 5.31. The van der Waals surface area contributed by atoms with Crippen LogP contribution in [0.4, 0.5) is 0 Å². The minimum atomic E-state index is -2.15. The summed E-state index contributed by atoms with van der Waals surface area (Å²) in [5.74, 6) is 0. The summed E-state index contributed by atoms with van der Waals surface area (Å²) in [6, 6.07) is 33.0.